The third kappa shape index (κ3) is 3.12. The molecule has 3 atom stereocenters. The van der Waals surface area contributed by atoms with Crippen LogP contribution in [0.15, 0.2) is 15.8 Å². The first kappa shape index (κ1) is 15.2. The maximum atomic E-state index is 11.8. The number of nitrogens with one attached hydrogen (secondary N) is 3. The summed E-state index contributed by atoms with van der Waals surface area (Å²) < 4.78 is 6.69. The van der Waals surface area contributed by atoms with Gasteiger partial charge in [-0.25, -0.2) is 15.1 Å². The molecule has 0 saturated carbocycles. The Bertz CT molecular complexity index is 638. The molecule has 0 unspecified atom stereocenters. The number of rotatable bonds is 3. The number of aromatic amines is 1. The lowest BCUT2D eigenvalue weighted by molar-refractivity contribution is -0.0286. The predicted octanol–water partition coefficient (Wildman–Crippen LogP) is -1.82. The van der Waals surface area contributed by atoms with Crippen LogP contribution in [0.25, 0.3) is 0 Å². The highest BCUT2D eigenvalue weighted by Crippen LogP contribution is 2.27. The van der Waals surface area contributed by atoms with Crippen LogP contribution in [-0.4, -0.2) is 44.6 Å². The minimum Gasteiger partial charge on any atom is -0.394 e. The van der Waals surface area contributed by atoms with Crippen LogP contribution in [0.3, 0.4) is 0 Å². The average molecular weight is 300 g/mol. The normalized spacial score (nSPS) is 24.8. The molecule has 1 fully saturated rings. The standard InChI is InChI=1S/C11H16N4O6/c1-5-3-15(11(19)13-9(5)17)8-2-6(7(4-16)21-8)12-10(18)14-20/h3,6-8,16,20H,2,4H2,1H3,(H2,12,14,18)(H,13,17,19)/t6-,7+,8+/m1/s1. The smallest absolute Gasteiger partial charge is 0.338 e. The van der Waals surface area contributed by atoms with Crippen LogP contribution in [0, 0.1) is 6.92 Å². The zero-order chi connectivity index (χ0) is 15.6. The largest absolute Gasteiger partial charge is 0.394 e. The van der Waals surface area contributed by atoms with E-state index in [0.717, 1.165) is 0 Å². The summed E-state index contributed by atoms with van der Waals surface area (Å²) >= 11 is 0. The van der Waals surface area contributed by atoms with E-state index in [4.69, 9.17) is 9.94 Å². The van der Waals surface area contributed by atoms with Gasteiger partial charge in [-0.05, 0) is 6.92 Å². The van der Waals surface area contributed by atoms with Gasteiger partial charge in [0.15, 0.2) is 0 Å². The maximum Gasteiger partial charge on any atom is 0.338 e. The molecule has 1 aliphatic heterocycles. The number of carbonyl (C=O) groups is 1. The monoisotopic (exact) mass is 300 g/mol. The predicted molar refractivity (Wildman–Crippen MR) is 68.9 cm³/mol. The molecule has 1 aromatic rings. The summed E-state index contributed by atoms with van der Waals surface area (Å²) in [6, 6.07) is -1.43. The average Bonchev–Trinajstić information content (AvgIpc) is 2.85. The Morgan fingerprint density at radius 2 is 2.29 bits per heavy atom. The van der Waals surface area contributed by atoms with Crippen LogP contribution in [-0.2, 0) is 4.74 Å². The second-order valence-electron chi connectivity index (χ2n) is 4.72. The number of aryl methyl sites for hydroxylation is 1. The molecule has 1 saturated heterocycles. The highest BCUT2D eigenvalue weighted by molar-refractivity contribution is 5.72. The van der Waals surface area contributed by atoms with E-state index in [1.165, 1.54) is 16.2 Å². The molecule has 2 rings (SSSR count). The molecule has 0 spiro atoms. The van der Waals surface area contributed by atoms with Gasteiger partial charge in [0.05, 0.1) is 12.6 Å². The summed E-state index contributed by atoms with van der Waals surface area (Å²) in [6.07, 6.45) is 0.0827. The molecule has 0 aliphatic carbocycles. The van der Waals surface area contributed by atoms with Gasteiger partial charge in [-0.1, -0.05) is 0 Å². The van der Waals surface area contributed by atoms with Gasteiger partial charge < -0.3 is 15.2 Å². The molecule has 2 amide bonds. The SMILES string of the molecule is Cc1cn([C@@H]2C[C@@H](NC(=O)NO)[C@H](CO)O2)c(=O)[nH]c1=O. The van der Waals surface area contributed by atoms with E-state index in [-0.39, 0.29) is 13.0 Å². The number of carbonyl (C=O) groups excluding carboxylic acids is 1. The molecular formula is C11H16N4O6. The van der Waals surface area contributed by atoms with Crippen molar-refractivity contribution < 1.29 is 19.8 Å². The van der Waals surface area contributed by atoms with Crippen molar-refractivity contribution in [1.82, 2.24) is 20.3 Å². The van der Waals surface area contributed by atoms with Crippen LogP contribution >= 0.6 is 0 Å². The van der Waals surface area contributed by atoms with E-state index in [2.05, 4.69) is 10.3 Å². The lowest BCUT2D eigenvalue weighted by atomic mass is 10.1. The van der Waals surface area contributed by atoms with E-state index in [1.54, 1.807) is 6.92 Å². The molecule has 10 nitrogen and oxygen atoms in total. The van der Waals surface area contributed by atoms with E-state index < -0.39 is 35.7 Å². The number of ether oxygens (including phenoxy) is 1. The molecule has 0 radical (unpaired) electrons. The fraction of sp³-hybridized carbons (Fsp3) is 0.545. The summed E-state index contributed by atoms with van der Waals surface area (Å²) in [5.41, 5.74) is 0.629. The van der Waals surface area contributed by atoms with E-state index in [1.807, 2.05) is 0 Å². The number of aliphatic hydroxyl groups excluding tert-OH is 1. The van der Waals surface area contributed by atoms with Crippen LogP contribution < -0.4 is 22.0 Å². The van der Waals surface area contributed by atoms with Crippen molar-refractivity contribution in [2.24, 2.45) is 0 Å². The van der Waals surface area contributed by atoms with E-state index >= 15 is 0 Å². The second kappa shape index (κ2) is 6.08. The highest BCUT2D eigenvalue weighted by Gasteiger charge is 2.37. The number of aliphatic hydroxyl groups is 1. The van der Waals surface area contributed by atoms with Crippen molar-refractivity contribution in [2.75, 3.05) is 6.61 Å². The molecular weight excluding hydrogens is 284 g/mol. The fourth-order valence-corrected chi connectivity index (χ4v) is 2.22. The van der Waals surface area contributed by atoms with Crippen LogP contribution in [0.2, 0.25) is 0 Å². The number of hydrogen-bond acceptors (Lipinski definition) is 6. The van der Waals surface area contributed by atoms with Crippen molar-refractivity contribution in [3.63, 3.8) is 0 Å². The van der Waals surface area contributed by atoms with Crippen molar-refractivity contribution in [1.29, 1.82) is 0 Å². The van der Waals surface area contributed by atoms with E-state index in [9.17, 15) is 19.5 Å². The molecule has 0 aromatic carbocycles. The van der Waals surface area contributed by atoms with Gasteiger partial charge >= 0.3 is 11.7 Å². The summed E-state index contributed by atoms with van der Waals surface area (Å²) in [7, 11) is 0. The Hall–Kier alpha value is -2.17. The molecule has 2 heterocycles. The molecule has 10 heteroatoms. The van der Waals surface area contributed by atoms with E-state index in [0.29, 0.717) is 5.56 Å². The summed E-state index contributed by atoms with van der Waals surface area (Å²) in [5.74, 6) is 0. The highest BCUT2D eigenvalue weighted by atomic mass is 16.5. The topological polar surface area (TPSA) is 146 Å². The fourth-order valence-electron chi connectivity index (χ4n) is 2.22. The quantitative estimate of drug-likeness (QED) is 0.328. The number of hydroxylamine groups is 1. The molecule has 1 aliphatic rings. The minimum absolute atomic E-state index is 0.198. The minimum atomic E-state index is -0.840. The molecule has 1 aromatic heterocycles. The first-order valence-corrected chi connectivity index (χ1v) is 6.25. The first-order valence-electron chi connectivity index (χ1n) is 6.25. The van der Waals surface area contributed by atoms with Gasteiger partial charge in [0.25, 0.3) is 5.56 Å². The zero-order valence-electron chi connectivity index (χ0n) is 11.2. The summed E-state index contributed by atoms with van der Waals surface area (Å²) in [4.78, 5) is 36.4. The first-order chi connectivity index (χ1) is 9.96. The number of urea groups is 1. The van der Waals surface area contributed by atoms with Gasteiger partial charge in [0.1, 0.15) is 12.3 Å². The Morgan fingerprint density at radius 1 is 1.57 bits per heavy atom. The lowest BCUT2D eigenvalue weighted by Crippen LogP contribution is -2.45. The van der Waals surface area contributed by atoms with Gasteiger partial charge in [0.2, 0.25) is 0 Å². The number of hydrogen-bond donors (Lipinski definition) is 5. The van der Waals surface area contributed by atoms with Gasteiger partial charge in [-0.15, -0.1) is 0 Å². The number of amides is 2. The third-order valence-corrected chi connectivity index (χ3v) is 3.29. The number of nitrogens with zero attached hydrogens (tertiary/aromatic N) is 1. The van der Waals surface area contributed by atoms with Gasteiger partial charge in [0, 0.05) is 18.2 Å². The Labute approximate surface area is 118 Å². The molecule has 116 valence electrons. The number of H-pyrrole nitrogens is 1. The molecule has 5 N–H and O–H groups in total. The van der Waals surface area contributed by atoms with Crippen molar-refractivity contribution in [3.05, 3.63) is 32.6 Å². The maximum absolute atomic E-state index is 11.8. The van der Waals surface area contributed by atoms with Gasteiger partial charge in [-0.2, -0.15) is 0 Å². The van der Waals surface area contributed by atoms with Crippen LogP contribution in [0.1, 0.15) is 18.2 Å². The summed E-state index contributed by atoms with van der Waals surface area (Å²) in [5, 5.41) is 20.1. The van der Waals surface area contributed by atoms with Crippen LogP contribution in [0.5, 0.6) is 0 Å². The third-order valence-electron chi connectivity index (χ3n) is 3.29. The number of aromatic nitrogens is 2. The Kier molecular flexibility index (Phi) is 4.40. The van der Waals surface area contributed by atoms with Crippen LogP contribution in [0.4, 0.5) is 4.79 Å². The Balaban J connectivity index is 2.23. The summed E-state index contributed by atoms with van der Waals surface area (Å²) in [6.45, 7) is 1.17. The molecule has 21 heavy (non-hydrogen) atoms. The van der Waals surface area contributed by atoms with Crippen molar-refractivity contribution in [2.45, 2.75) is 31.7 Å². The Morgan fingerprint density at radius 3 is 2.90 bits per heavy atom. The zero-order valence-corrected chi connectivity index (χ0v) is 11.2. The van der Waals surface area contributed by atoms with Crippen molar-refractivity contribution in [3.8, 4) is 0 Å². The van der Waals surface area contributed by atoms with Crippen molar-refractivity contribution >= 4 is 6.03 Å². The molecule has 0 bridgehead atoms. The second-order valence-corrected chi connectivity index (χ2v) is 4.72. The van der Waals surface area contributed by atoms with Gasteiger partial charge in [-0.3, -0.25) is 19.6 Å². The lowest BCUT2D eigenvalue weighted by Gasteiger charge is -2.16.